The van der Waals surface area contributed by atoms with E-state index >= 15 is 0 Å². The summed E-state index contributed by atoms with van der Waals surface area (Å²) in [5, 5.41) is 3.34. The predicted molar refractivity (Wildman–Crippen MR) is 83.3 cm³/mol. The fraction of sp³-hybridized carbons (Fsp3) is 0.312. The van der Waals surface area contributed by atoms with E-state index in [-0.39, 0.29) is 11.9 Å². The molecule has 0 aliphatic carbocycles. The first-order chi connectivity index (χ1) is 9.52. The van der Waals surface area contributed by atoms with Crippen LogP contribution in [0.25, 0.3) is 0 Å². The van der Waals surface area contributed by atoms with Gasteiger partial charge in [-0.1, -0.05) is 28.9 Å². The molecule has 0 radical (unpaired) electrons. The van der Waals surface area contributed by atoms with Crippen molar-refractivity contribution >= 4 is 15.9 Å². The van der Waals surface area contributed by atoms with Crippen molar-refractivity contribution in [1.82, 2.24) is 10.3 Å². The molecule has 106 valence electrons. The molecule has 0 saturated carbocycles. The van der Waals surface area contributed by atoms with Gasteiger partial charge in [0.1, 0.15) is 5.82 Å². The molecule has 4 heteroatoms. The number of hydrogen-bond donors (Lipinski definition) is 1. The maximum atomic E-state index is 14.2. The number of benzene rings is 1. The quantitative estimate of drug-likeness (QED) is 0.900. The van der Waals surface area contributed by atoms with Gasteiger partial charge in [-0.25, -0.2) is 4.39 Å². The zero-order valence-corrected chi connectivity index (χ0v) is 13.5. The Morgan fingerprint density at radius 2 is 1.95 bits per heavy atom. The van der Waals surface area contributed by atoms with E-state index in [1.54, 1.807) is 6.07 Å². The molecule has 1 atom stereocenters. The lowest BCUT2D eigenvalue weighted by Crippen LogP contribution is -2.24. The van der Waals surface area contributed by atoms with Gasteiger partial charge in [0.2, 0.25) is 0 Å². The zero-order chi connectivity index (χ0) is 14.7. The van der Waals surface area contributed by atoms with Gasteiger partial charge >= 0.3 is 0 Å². The van der Waals surface area contributed by atoms with Crippen LogP contribution in [-0.4, -0.2) is 11.5 Å². The summed E-state index contributed by atoms with van der Waals surface area (Å²) < 4.78 is 15.0. The number of aromatic nitrogens is 1. The van der Waals surface area contributed by atoms with Crippen molar-refractivity contribution in [3.8, 4) is 0 Å². The van der Waals surface area contributed by atoms with Crippen molar-refractivity contribution in [3.05, 3.63) is 63.1 Å². The Balaban J connectivity index is 2.53. The third-order valence-corrected chi connectivity index (χ3v) is 3.75. The molecule has 1 unspecified atom stereocenters. The molecule has 0 fully saturated rings. The summed E-state index contributed by atoms with van der Waals surface area (Å²) in [5.41, 5.74) is 3.54. The van der Waals surface area contributed by atoms with Crippen LogP contribution in [0.5, 0.6) is 0 Å². The first-order valence-corrected chi connectivity index (χ1v) is 7.44. The van der Waals surface area contributed by atoms with E-state index in [0.29, 0.717) is 5.56 Å². The molecule has 0 saturated heterocycles. The minimum absolute atomic E-state index is 0.189. The van der Waals surface area contributed by atoms with Crippen LogP contribution >= 0.6 is 15.9 Å². The topological polar surface area (TPSA) is 24.9 Å². The minimum Gasteiger partial charge on any atom is -0.306 e. The van der Waals surface area contributed by atoms with Gasteiger partial charge in [0.25, 0.3) is 0 Å². The second-order valence-corrected chi connectivity index (χ2v) is 5.70. The molecule has 2 aromatic rings. The van der Waals surface area contributed by atoms with Crippen LogP contribution < -0.4 is 5.32 Å². The highest BCUT2D eigenvalue weighted by Gasteiger charge is 2.19. The third kappa shape index (κ3) is 3.25. The van der Waals surface area contributed by atoms with Crippen LogP contribution in [0.1, 0.15) is 35.5 Å². The van der Waals surface area contributed by atoms with Crippen LogP contribution in [0.15, 0.2) is 34.8 Å². The predicted octanol–water partition coefficient (Wildman–Crippen LogP) is 4.30. The maximum absolute atomic E-state index is 14.2. The summed E-state index contributed by atoms with van der Waals surface area (Å²) in [4.78, 5) is 4.48. The van der Waals surface area contributed by atoms with Gasteiger partial charge in [-0.2, -0.15) is 0 Å². The number of nitrogens with one attached hydrogen (secondary N) is 1. The molecular weight excluding hydrogens is 319 g/mol. The van der Waals surface area contributed by atoms with Crippen LogP contribution in [-0.2, 0) is 0 Å². The van der Waals surface area contributed by atoms with E-state index in [1.807, 2.05) is 39.0 Å². The number of hydrogen-bond acceptors (Lipinski definition) is 2. The molecule has 20 heavy (non-hydrogen) atoms. The van der Waals surface area contributed by atoms with Crippen LogP contribution in [0.4, 0.5) is 4.39 Å². The van der Waals surface area contributed by atoms with Gasteiger partial charge in [-0.05, 0) is 50.2 Å². The third-order valence-electron chi connectivity index (χ3n) is 3.25. The van der Waals surface area contributed by atoms with E-state index in [9.17, 15) is 4.39 Å². The molecule has 1 N–H and O–H groups in total. The van der Waals surface area contributed by atoms with Gasteiger partial charge < -0.3 is 5.32 Å². The fourth-order valence-electron chi connectivity index (χ4n) is 2.33. The average molecular weight is 337 g/mol. The number of aryl methyl sites for hydroxylation is 2. The van der Waals surface area contributed by atoms with Gasteiger partial charge in [-0.3, -0.25) is 4.98 Å². The standard InChI is InChI=1S/C16H18BrFN2/c1-4-19-16(13-7-5-10(2)20-11(13)3)14-9-12(17)6-8-15(14)18/h5-9,16,19H,4H2,1-3H3. The molecule has 1 aromatic carbocycles. The summed E-state index contributed by atoms with van der Waals surface area (Å²) in [5.74, 6) is -0.209. The van der Waals surface area contributed by atoms with Crippen molar-refractivity contribution in [1.29, 1.82) is 0 Å². The highest BCUT2D eigenvalue weighted by Crippen LogP contribution is 2.28. The Morgan fingerprint density at radius 3 is 2.60 bits per heavy atom. The lowest BCUT2D eigenvalue weighted by Gasteiger charge is -2.21. The van der Waals surface area contributed by atoms with E-state index in [1.165, 1.54) is 6.07 Å². The van der Waals surface area contributed by atoms with E-state index in [4.69, 9.17) is 0 Å². The van der Waals surface area contributed by atoms with Crippen molar-refractivity contribution in [2.45, 2.75) is 26.8 Å². The summed E-state index contributed by atoms with van der Waals surface area (Å²) in [7, 11) is 0. The van der Waals surface area contributed by atoms with Crippen LogP contribution in [0, 0.1) is 19.7 Å². The second-order valence-electron chi connectivity index (χ2n) is 4.78. The molecule has 1 heterocycles. The zero-order valence-electron chi connectivity index (χ0n) is 11.9. The molecule has 0 spiro atoms. The summed E-state index contributed by atoms with van der Waals surface area (Å²) in [6, 6.07) is 8.81. The maximum Gasteiger partial charge on any atom is 0.128 e. The lowest BCUT2D eigenvalue weighted by molar-refractivity contribution is 0.556. The SMILES string of the molecule is CCNC(c1cc(Br)ccc1F)c1ccc(C)nc1C. The van der Waals surface area contributed by atoms with Gasteiger partial charge in [-0.15, -0.1) is 0 Å². The van der Waals surface area contributed by atoms with E-state index in [0.717, 1.165) is 28.0 Å². The Morgan fingerprint density at radius 1 is 1.20 bits per heavy atom. The number of rotatable bonds is 4. The largest absolute Gasteiger partial charge is 0.306 e. The monoisotopic (exact) mass is 336 g/mol. The molecule has 1 aromatic heterocycles. The Labute approximate surface area is 127 Å². The minimum atomic E-state index is -0.209. The van der Waals surface area contributed by atoms with Crippen molar-refractivity contribution in [3.63, 3.8) is 0 Å². The summed E-state index contributed by atoms with van der Waals surface area (Å²) >= 11 is 3.41. The van der Waals surface area contributed by atoms with Crippen molar-refractivity contribution in [2.75, 3.05) is 6.54 Å². The Kier molecular flexibility index (Phi) is 4.89. The molecular formula is C16H18BrFN2. The van der Waals surface area contributed by atoms with Crippen LogP contribution in [0.3, 0.4) is 0 Å². The van der Waals surface area contributed by atoms with Gasteiger partial charge in [0.15, 0.2) is 0 Å². The van der Waals surface area contributed by atoms with Gasteiger partial charge in [0, 0.05) is 21.4 Å². The second kappa shape index (κ2) is 6.46. The van der Waals surface area contributed by atoms with E-state index < -0.39 is 0 Å². The summed E-state index contributed by atoms with van der Waals surface area (Å²) in [6.45, 7) is 6.69. The normalized spacial score (nSPS) is 12.4. The molecule has 2 rings (SSSR count). The first-order valence-electron chi connectivity index (χ1n) is 6.65. The molecule has 0 aliphatic rings. The molecule has 0 bridgehead atoms. The first kappa shape index (κ1) is 15.1. The van der Waals surface area contributed by atoms with Crippen LogP contribution in [0.2, 0.25) is 0 Å². The molecule has 0 aliphatic heterocycles. The smallest absolute Gasteiger partial charge is 0.128 e. The molecule has 2 nitrogen and oxygen atoms in total. The highest BCUT2D eigenvalue weighted by atomic mass is 79.9. The van der Waals surface area contributed by atoms with Gasteiger partial charge in [0.05, 0.1) is 6.04 Å². The molecule has 0 amide bonds. The number of halogens is 2. The summed E-state index contributed by atoms with van der Waals surface area (Å²) in [6.07, 6.45) is 0. The number of pyridine rings is 1. The van der Waals surface area contributed by atoms with Crippen molar-refractivity contribution in [2.24, 2.45) is 0 Å². The fourth-order valence-corrected chi connectivity index (χ4v) is 2.71. The van der Waals surface area contributed by atoms with E-state index in [2.05, 4.69) is 26.2 Å². The average Bonchev–Trinajstić information content (AvgIpc) is 2.40. The Hall–Kier alpha value is -1.26. The highest BCUT2D eigenvalue weighted by molar-refractivity contribution is 9.10. The lowest BCUT2D eigenvalue weighted by atomic mass is 9.97. The number of nitrogens with zero attached hydrogens (tertiary/aromatic N) is 1. The van der Waals surface area contributed by atoms with Crippen molar-refractivity contribution < 1.29 is 4.39 Å². The Bertz CT molecular complexity index is 613.